The number of fused-ring (bicyclic) bond motifs is 2. The van der Waals surface area contributed by atoms with Crippen molar-refractivity contribution in [1.82, 2.24) is 9.55 Å². The molecule has 24 heavy (non-hydrogen) atoms. The average Bonchev–Trinajstić information content (AvgIpc) is 2.90. The maximum Gasteiger partial charge on any atom is 0.316 e. The second kappa shape index (κ2) is 7.11. The summed E-state index contributed by atoms with van der Waals surface area (Å²) in [5.41, 5.74) is 2.49. The fourth-order valence-corrected chi connectivity index (χ4v) is 5.05. The summed E-state index contributed by atoms with van der Waals surface area (Å²) >= 11 is 2.97. The third-order valence-electron chi connectivity index (χ3n) is 3.99. The Kier molecular flexibility index (Phi) is 5.10. The maximum atomic E-state index is 12.8. The number of esters is 1. The van der Waals surface area contributed by atoms with Crippen molar-refractivity contribution in [3.8, 4) is 0 Å². The van der Waals surface area contributed by atoms with Gasteiger partial charge < -0.3 is 9.30 Å². The quantitative estimate of drug-likeness (QED) is 0.463. The summed E-state index contributed by atoms with van der Waals surface area (Å²) in [6, 6.07) is 0. The van der Waals surface area contributed by atoms with Crippen molar-refractivity contribution in [3.63, 3.8) is 0 Å². The molecule has 0 bridgehead atoms. The largest absolute Gasteiger partial charge is 0.468 e. The summed E-state index contributed by atoms with van der Waals surface area (Å²) in [6.07, 6.45) is 4.01. The van der Waals surface area contributed by atoms with Crippen LogP contribution in [0.25, 0.3) is 10.3 Å². The summed E-state index contributed by atoms with van der Waals surface area (Å²) in [5, 5.41) is 0.675. The number of allylic oxidation sites excluding steroid dienone is 1. The number of methoxy groups -OCH3 is 1. The topological polar surface area (TPSA) is 61.2 Å². The van der Waals surface area contributed by atoms with E-state index in [9.17, 15) is 9.59 Å². The first-order valence-electron chi connectivity index (χ1n) is 7.90. The zero-order valence-electron chi connectivity index (χ0n) is 13.9. The average molecular weight is 364 g/mol. The molecule has 0 aliphatic heterocycles. The van der Waals surface area contributed by atoms with Gasteiger partial charge in [-0.3, -0.25) is 9.59 Å². The zero-order valence-corrected chi connectivity index (χ0v) is 15.5. The molecule has 0 N–H and O–H groups in total. The van der Waals surface area contributed by atoms with E-state index in [0.717, 1.165) is 41.7 Å². The molecule has 0 atom stereocenters. The molecule has 0 amide bonds. The standard InChI is InChI=1S/C17H20N2O3S2/c1-10(2)8-19-16-14(18-17(19)23-9-13(20)22-3)15(21)11-6-4-5-7-12(11)24-16/h1,4-9H2,2-3H3. The monoisotopic (exact) mass is 364 g/mol. The van der Waals surface area contributed by atoms with Crippen LogP contribution in [-0.4, -0.2) is 28.4 Å². The van der Waals surface area contributed by atoms with Crippen LogP contribution in [0, 0.1) is 0 Å². The zero-order chi connectivity index (χ0) is 17.3. The molecule has 2 aromatic rings. The van der Waals surface area contributed by atoms with Gasteiger partial charge in [0.15, 0.2) is 5.16 Å². The van der Waals surface area contributed by atoms with Crippen LogP contribution in [-0.2, 0) is 28.9 Å². The number of carbonyl (C=O) groups excluding carboxylic acids is 1. The molecule has 7 heteroatoms. The van der Waals surface area contributed by atoms with Crippen LogP contribution in [0.1, 0.15) is 30.2 Å². The van der Waals surface area contributed by atoms with Gasteiger partial charge in [-0.25, -0.2) is 4.98 Å². The molecule has 1 aliphatic carbocycles. The Labute approximate surface area is 148 Å². The Balaban J connectivity index is 2.12. The molecular formula is C17H20N2O3S2. The van der Waals surface area contributed by atoms with E-state index < -0.39 is 0 Å². The molecule has 128 valence electrons. The summed E-state index contributed by atoms with van der Waals surface area (Å²) in [4.78, 5) is 30.9. The van der Waals surface area contributed by atoms with Gasteiger partial charge in [-0.2, -0.15) is 0 Å². The molecule has 0 saturated heterocycles. The Morgan fingerprint density at radius 3 is 2.88 bits per heavy atom. The number of thioether (sulfide) groups is 1. The van der Waals surface area contributed by atoms with E-state index in [2.05, 4.69) is 11.6 Å². The van der Waals surface area contributed by atoms with Crippen molar-refractivity contribution in [3.05, 3.63) is 32.8 Å². The molecule has 0 aromatic carbocycles. The lowest BCUT2D eigenvalue weighted by molar-refractivity contribution is -0.137. The number of imidazole rings is 1. The molecule has 2 aromatic heterocycles. The Hall–Kier alpha value is -1.60. The van der Waals surface area contributed by atoms with Gasteiger partial charge in [0.1, 0.15) is 10.3 Å². The van der Waals surface area contributed by atoms with Gasteiger partial charge in [-0.1, -0.05) is 23.9 Å². The summed E-state index contributed by atoms with van der Waals surface area (Å²) in [7, 11) is 1.37. The van der Waals surface area contributed by atoms with E-state index in [4.69, 9.17) is 4.74 Å². The number of aromatic nitrogens is 2. The third-order valence-corrected chi connectivity index (χ3v) is 6.24. The molecule has 2 heterocycles. The van der Waals surface area contributed by atoms with Crippen LogP contribution < -0.4 is 5.43 Å². The highest BCUT2D eigenvalue weighted by atomic mass is 32.2. The molecule has 0 fully saturated rings. The first kappa shape index (κ1) is 17.2. The van der Waals surface area contributed by atoms with Gasteiger partial charge in [-0.15, -0.1) is 11.3 Å². The first-order valence-corrected chi connectivity index (χ1v) is 9.70. The van der Waals surface area contributed by atoms with Crippen LogP contribution in [0.2, 0.25) is 0 Å². The van der Waals surface area contributed by atoms with Gasteiger partial charge in [-0.05, 0) is 32.6 Å². The number of nitrogens with zero attached hydrogens (tertiary/aromatic N) is 2. The molecule has 0 radical (unpaired) electrons. The first-order chi connectivity index (χ1) is 11.5. The second-order valence-corrected chi connectivity index (χ2v) is 8.02. The Morgan fingerprint density at radius 1 is 1.42 bits per heavy atom. The number of aryl methyl sites for hydroxylation is 1. The lowest BCUT2D eigenvalue weighted by Gasteiger charge is -2.14. The lowest BCUT2D eigenvalue weighted by atomic mass is 9.98. The molecular weight excluding hydrogens is 344 g/mol. The lowest BCUT2D eigenvalue weighted by Crippen LogP contribution is -2.15. The number of hydrogen-bond acceptors (Lipinski definition) is 6. The molecule has 3 rings (SSSR count). The van der Waals surface area contributed by atoms with Gasteiger partial charge in [0, 0.05) is 17.0 Å². The van der Waals surface area contributed by atoms with Gasteiger partial charge >= 0.3 is 5.97 Å². The fraction of sp³-hybridized carbons (Fsp3) is 0.471. The predicted molar refractivity (Wildman–Crippen MR) is 98.1 cm³/mol. The highest BCUT2D eigenvalue weighted by Crippen LogP contribution is 2.31. The van der Waals surface area contributed by atoms with Crippen LogP contribution in [0.15, 0.2) is 22.1 Å². The molecule has 5 nitrogen and oxygen atoms in total. The van der Waals surface area contributed by atoms with E-state index in [1.165, 1.54) is 23.7 Å². The van der Waals surface area contributed by atoms with Crippen LogP contribution >= 0.6 is 23.1 Å². The number of hydrogen-bond donors (Lipinski definition) is 0. The highest BCUT2D eigenvalue weighted by Gasteiger charge is 2.22. The van der Waals surface area contributed by atoms with Crippen LogP contribution in [0.5, 0.6) is 0 Å². The van der Waals surface area contributed by atoms with Gasteiger partial charge in [0.05, 0.1) is 12.9 Å². The van der Waals surface area contributed by atoms with Crippen molar-refractivity contribution in [1.29, 1.82) is 0 Å². The van der Waals surface area contributed by atoms with Crippen molar-refractivity contribution in [2.45, 2.75) is 44.3 Å². The van der Waals surface area contributed by atoms with E-state index in [1.54, 1.807) is 11.3 Å². The van der Waals surface area contributed by atoms with Crippen molar-refractivity contribution >= 4 is 39.4 Å². The predicted octanol–water partition coefficient (Wildman–Crippen LogP) is 3.18. The smallest absolute Gasteiger partial charge is 0.316 e. The van der Waals surface area contributed by atoms with E-state index in [-0.39, 0.29) is 17.2 Å². The molecule has 0 unspecified atom stereocenters. The SMILES string of the molecule is C=C(C)Cn1c(SCC(=O)OC)nc2c(=O)c3c(sc21)CCCC3. The van der Waals surface area contributed by atoms with Crippen LogP contribution in [0.3, 0.4) is 0 Å². The summed E-state index contributed by atoms with van der Waals surface area (Å²) < 4.78 is 6.70. The van der Waals surface area contributed by atoms with E-state index in [0.29, 0.717) is 17.2 Å². The number of carbonyl (C=O) groups is 1. The molecule has 1 aliphatic rings. The van der Waals surface area contributed by atoms with Crippen LogP contribution in [0.4, 0.5) is 0 Å². The highest BCUT2D eigenvalue weighted by molar-refractivity contribution is 7.99. The van der Waals surface area contributed by atoms with Crippen molar-refractivity contribution in [2.75, 3.05) is 12.9 Å². The summed E-state index contributed by atoms with van der Waals surface area (Å²) in [5.74, 6) is -0.131. The van der Waals surface area contributed by atoms with Crippen molar-refractivity contribution < 1.29 is 9.53 Å². The van der Waals surface area contributed by atoms with Gasteiger partial charge in [0.25, 0.3) is 0 Å². The Morgan fingerprint density at radius 2 is 2.17 bits per heavy atom. The third kappa shape index (κ3) is 3.28. The summed E-state index contributed by atoms with van der Waals surface area (Å²) in [6.45, 7) is 6.51. The second-order valence-electron chi connectivity index (χ2n) is 6.00. The van der Waals surface area contributed by atoms with Crippen molar-refractivity contribution in [2.24, 2.45) is 0 Å². The molecule has 0 saturated carbocycles. The number of ether oxygens (including phenoxy) is 1. The van der Waals surface area contributed by atoms with E-state index >= 15 is 0 Å². The minimum atomic E-state index is -0.306. The molecule has 0 spiro atoms. The van der Waals surface area contributed by atoms with E-state index in [1.807, 2.05) is 11.5 Å². The van der Waals surface area contributed by atoms with Gasteiger partial charge in [0.2, 0.25) is 5.43 Å². The minimum Gasteiger partial charge on any atom is -0.468 e. The fourth-order valence-electron chi connectivity index (χ4n) is 2.86. The minimum absolute atomic E-state index is 0.0545. The Bertz CT molecular complexity index is 867. The maximum absolute atomic E-state index is 12.8. The number of rotatable bonds is 5. The normalized spacial score (nSPS) is 13.8.